The van der Waals surface area contributed by atoms with Crippen molar-refractivity contribution in [1.29, 1.82) is 0 Å². The van der Waals surface area contributed by atoms with Crippen molar-refractivity contribution >= 4 is 5.78 Å². The van der Waals surface area contributed by atoms with Crippen LogP contribution in [0.3, 0.4) is 0 Å². The van der Waals surface area contributed by atoms with Gasteiger partial charge in [-0.25, -0.2) is 9.78 Å². The molecule has 2 aliphatic carbocycles. The fourth-order valence-electron chi connectivity index (χ4n) is 2.97. The Morgan fingerprint density at radius 3 is 2.54 bits per heavy atom. The molecule has 0 radical (unpaired) electrons. The van der Waals surface area contributed by atoms with E-state index in [2.05, 4.69) is 13.8 Å². The second kappa shape index (κ2) is 2.55. The molecule has 0 aromatic carbocycles. The predicted octanol–water partition coefficient (Wildman–Crippen LogP) is 1.71. The number of fused-ring (bicyclic) bond motifs is 2. The van der Waals surface area contributed by atoms with Crippen LogP contribution >= 0.6 is 0 Å². The fraction of sp³-hybridized carbons (Fsp3) is 0.900. The lowest BCUT2D eigenvalue weighted by atomic mass is 9.78. The zero-order valence-corrected chi connectivity index (χ0v) is 8.42. The van der Waals surface area contributed by atoms with Gasteiger partial charge in [0.2, 0.25) is 0 Å². The first-order chi connectivity index (χ1) is 6.04. The van der Waals surface area contributed by atoms with Gasteiger partial charge < -0.3 is 0 Å². The second-order valence-corrected chi connectivity index (χ2v) is 4.66. The predicted molar refractivity (Wildman–Crippen MR) is 47.0 cm³/mol. The van der Waals surface area contributed by atoms with E-state index in [9.17, 15) is 4.79 Å². The maximum Gasteiger partial charge on any atom is 0.168 e. The molecule has 3 heteroatoms. The first-order valence-electron chi connectivity index (χ1n) is 4.80. The number of hydrogen-bond donors (Lipinski definition) is 0. The van der Waals surface area contributed by atoms with Crippen LogP contribution in [0.2, 0.25) is 0 Å². The molecule has 13 heavy (non-hydrogen) atoms. The third kappa shape index (κ3) is 0.891. The summed E-state index contributed by atoms with van der Waals surface area (Å²) in [5, 5.41) is 0. The molecule has 0 aromatic heterocycles. The topological polar surface area (TPSA) is 35.5 Å². The smallest absolute Gasteiger partial charge is 0.168 e. The molecule has 0 aromatic rings. The summed E-state index contributed by atoms with van der Waals surface area (Å²) in [4.78, 5) is 21.7. The normalized spacial score (nSPS) is 41.5. The first kappa shape index (κ1) is 9.16. The molecule has 2 fully saturated rings. The van der Waals surface area contributed by atoms with Crippen molar-refractivity contribution in [2.24, 2.45) is 11.3 Å². The van der Waals surface area contributed by atoms with Crippen LogP contribution in [0, 0.1) is 11.3 Å². The van der Waals surface area contributed by atoms with Gasteiger partial charge in [-0.3, -0.25) is 4.79 Å². The lowest BCUT2D eigenvalue weighted by molar-refractivity contribution is -0.347. The van der Waals surface area contributed by atoms with E-state index in [4.69, 9.17) is 9.78 Å². The zero-order chi connectivity index (χ0) is 9.69. The van der Waals surface area contributed by atoms with Gasteiger partial charge in [-0.05, 0) is 18.8 Å². The molecule has 74 valence electrons. The molecule has 0 saturated heterocycles. The molecule has 2 atom stereocenters. The van der Waals surface area contributed by atoms with E-state index in [0.29, 0.717) is 12.3 Å². The summed E-state index contributed by atoms with van der Waals surface area (Å²) in [6.45, 7) is 4.21. The van der Waals surface area contributed by atoms with Gasteiger partial charge in [0.25, 0.3) is 0 Å². The summed E-state index contributed by atoms with van der Waals surface area (Å²) >= 11 is 0. The highest BCUT2D eigenvalue weighted by molar-refractivity contribution is 5.92. The van der Waals surface area contributed by atoms with Gasteiger partial charge in [0, 0.05) is 11.8 Å². The number of carbonyl (C=O) groups excluding carboxylic acids is 1. The van der Waals surface area contributed by atoms with Gasteiger partial charge in [0.05, 0.1) is 7.11 Å². The van der Waals surface area contributed by atoms with Gasteiger partial charge in [-0.2, -0.15) is 0 Å². The van der Waals surface area contributed by atoms with E-state index in [1.165, 1.54) is 7.11 Å². The third-order valence-electron chi connectivity index (χ3n) is 4.01. The highest BCUT2D eigenvalue weighted by Gasteiger charge is 2.66. The highest BCUT2D eigenvalue weighted by atomic mass is 17.2. The quantitative estimate of drug-likeness (QED) is 0.484. The monoisotopic (exact) mass is 184 g/mol. The van der Waals surface area contributed by atoms with Crippen molar-refractivity contribution in [1.82, 2.24) is 0 Å². The van der Waals surface area contributed by atoms with Crippen molar-refractivity contribution < 1.29 is 14.6 Å². The van der Waals surface area contributed by atoms with Gasteiger partial charge in [-0.15, -0.1) is 0 Å². The van der Waals surface area contributed by atoms with Crippen LogP contribution < -0.4 is 0 Å². The van der Waals surface area contributed by atoms with Gasteiger partial charge >= 0.3 is 0 Å². The Bertz CT molecular complexity index is 247. The molecule has 2 aliphatic rings. The van der Waals surface area contributed by atoms with Gasteiger partial charge in [0.1, 0.15) is 0 Å². The van der Waals surface area contributed by atoms with E-state index in [1.54, 1.807) is 0 Å². The molecule has 0 N–H and O–H groups in total. The molecule has 2 rings (SSSR count). The molecule has 3 nitrogen and oxygen atoms in total. The number of Topliss-reactive ketones (excluding diaryl/α,β-unsaturated/α-hetero) is 1. The molecule has 2 unspecified atom stereocenters. The van der Waals surface area contributed by atoms with Crippen molar-refractivity contribution in [3.8, 4) is 0 Å². The van der Waals surface area contributed by atoms with Crippen LogP contribution in [-0.2, 0) is 14.6 Å². The molecule has 2 bridgehead atoms. The Balaban J connectivity index is 2.37. The lowest BCUT2D eigenvalue weighted by Gasteiger charge is -2.33. The Kier molecular flexibility index (Phi) is 1.79. The molecule has 0 heterocycles. The number of hydrogen-bond acceptors (Lipinski definition) is 3. The average Bonchev–Trinajstić information content (AvgIpc) is 2.38. The Morgan fingerprint density at radius 2 is 2.15 bits per heavy atom. The summed E-state index contributed by atoms with van der Waals surface area (Å²) in [5.74, 6) is 0.700. The van der Waals surface area contributed by atoms with Crippen molar-refractivity contribution in [2.45, 2.75) is 38.7 Å². The number of carbonyl (C=O) groups is 1. The van der Waals surface area contributed by atoms with Crippen molar-refractivity contribution in [3.63, 3.8) is 0 Å². The van der Waals surface area contributed by atoms with Crippen LogP contribution in [-0.4, -0.2) is 18.5 Å². The Labute approximate surface area is 78.3 Å². The highest BCUT2D eigenvalue weighted by Crippen LogP contribution is 2.60. The van der Waals surface area contributed by atoms with E-state index in [0.717, 1.165) is 12.8 Å². The minimum atomic E-state index is -0.646. The fourth-order valence-corrected chi connectivity index (χ4v) is 2.97. The lowest BCUT2D eigenvalue weighted by Crippen LogP contribution is -2.45. The van der Waals surface area contributed by atoms with Crippen molar-refractivity contribution in [2.75, 3.05) is 7.11 Å². The molecule has 0 aliphatic heterocycles. The summed E-state index contributed by atoms with van der Waals surface area (Å²) in [7, 11) is 1.48. The van der Waals surface area contributed by atoms with Crippen LogP contribution in [0.1, 0.15) is 33.1 Å². The Hall–Kier alpha value is -0.410. The maximum atomic E-state index is 11.8. The molecule has 0 spiro atoms. The summed E-state index contributed by atoms with van der Waals surface area (Å²) in [6.07, 6.45) is 2.57. The van der Waals surface area contributed by atoms with E-state index < -0.39 is 5.60 Å². The maximum absolute atomic E-state index is 11.8. The largest absolute Gasteiger partial charge is 0.296 e. The first-order valence-corrected chi connectivity index (χ1v) is 4.80. The van der Waals surface area contributed by atoms with E-state index in [-0.39, 0.29) is 11.2 Å². The third-order valence-corrected chi connectivity index (χ3v) is 4.01. The second-order valence-electron chi connectivity index (χ2n) is 4.66. The molecule has 2 saturated carbocycles. The SMILES string of the molecule is COOC12CCC(CC1=O)C2(C)C. The Morgan fingerprint density at radius 1 is 1.46 bits per heavy atom. The van der Waals surface area contributed by atoms with E-state index >= 15 is 0 Å². The summed E-state index contributed by atoms with van der Waals surface area (Å²) in [6, 6.07) is 0. The van der Waals surface area contributed by atoms with Crippen molar-refractivity contribution in [3.05, 3.63) is 0 Å². The van der Waals surface area contributed by atoms with Crippen LogP contribution in [0.25, 0.3) is 0 Å². The van der Waals surface area contributed by atoms with Gasteiger partial charge in [0.15, 0.2) is 11.4 Å². The molecular formula is C10H16O3. The summed E-state index contributed by atoms with van der Waals surface area (Å²) in [5.41, 5.74) is -0.702. The van der Waals surface area contributed by atoms with Crippen LogP contribution in [0.4, 0.5) is 0 Å². The zero-order valence-electron chi connectivity index (χ0n) is 8.42. The average molecular weight is 184 g/mol. The standard InChI is InChI=1S/C10H16O3/c1-9(2)7-4-5-10(9,13-12-3)8(11)6-7/h7H,4-6H2,1-3H3. The minimum Gasteiger partial charge on any atom is -0.296 e. The van der Waals surface area contributed by atoms with Crippen LogP contribution in [0.15, 0.2) is 0 Å². The molecular weight excluding hydrogens is 168 g/mol. The summed E-state index contributed by atoms with van der Waals surface area (Å²) < 4.78 is 0. The molecule has 0 amide bonds. The van der Waals surface area contributed by atoms with Crippen LogP contribution in [0.5, 0.6) is 0 Å². The van der Waals surface area contributed by atoms with E-state index in [1.807, 2.05) is 0 Å². The number of ketones is 1. The number of rotatable bonds is 2. The van der Waals surface area contributed by atoms with Gasteiger partial charge in [-0.1, -0.05) is 13.8 Å². The minimum absolute atomic E-state index is 0.0555.